The van der Waals surface area contributed by atoms with E-state index >= 15 is 0 Å². The molecule has 1 fully saturated rings. The van der Waals surface area contributed by atoms with Crippen molar-refractivity contribution in [2.24, 2.45) is 0 Å². The monoisotopic (exact) mass is 373 g/mol. The second kappa shape index (κ2) is 7.08. The quantitative estimate of drug-likeness (QED) is 0.836. The van der Waals surface area contributed by atoms with Crippen molar-refractivity contribution in [1.29, 1.82) is 0 Å². The van der Waals surface area contributed by atoms with Gasteiger partial charge in [0.25, 0.3) is 5.91 Å². The maximum absolute atomic E-state index is 12.3. The molecule has 0 aliphatic carbocycles. The van der Waals surface area contributed by atoms with E-state index < -0.39 is 17.2 Å². The van der Waals surface area contributed by atoms with Crippen LogP contribution in [0.1, 0.15) is 42.8 Å². The fraction of sp³-hybridized carbons (Fsp3) is 0.400. The van der Waals surface area contributed by atoms with E-state index in [2.05, 4.69) is 0 Å². The minimum atomic E-state index is -1.34. The molecule has 1 aromatic carbocycles. The van der Waals surface area contributed by atoms with Crippen molar-refractivity contribution in [3.05, 3.63) is 54.0 Å². The topological polar surface area (TPSA) is 100 Å². The number of amides is 1. The average molecular weight is 373 g/mol. The number of rotatable bonds is 5. The Labute approximate surface area is 157 Å². The number of aliphatic carboxylic acids is 1. The van der Waals surface area contributed by atoms with E-state index in [1.54, 1.807) is 41.3 Å². The number of likely N-dealkylation sites (tertiary alicyclic amines) is 1. The Hall–Kier alpha value is -2.80. The molecule has 0 spiro atoms. The molecule has 7 heteroatoms. The number of furan rings is 1. The van der Waals surface area contributed by atoms with Gasteiger partial charge in [0.05, 0.1) is 11.9 Å². The van der Waals surface area contributed by atoms with Gasteiger partial charge in [-0.1, -0.05) is 12.1 Å². The van der Waals surface area contributed by atoms with Crippen LogP contribution in [0.4, 0.5) is 0 Å². The van der Waals surface area contributed by atoms with Crippen molar-refractivity contribution in [2.75, 3.05) is 13.1 Å². The van der Waals surface area contributed by atoms with Crippen molar-refractivity contribution in [1.82, 2.24) is 4.90 Å². The summed E-state index contributed by atoms with van der Waals surface area (Å²) >= 11 is 0. The molecule has 1 amide bonds. The lowest BCUT2D eigenvalue weighted by Crippen LogP contribution is -2.45. The van der Waals surface area contributed by atoms with E-state index in [4.69, 9.17) is 14.3 Å². The highest BCUT2D eigenvalue weighted by Gasteiger charge is 2.36. The lowest BCUT2D eigenvalue weighted by atomic mass is 9.84. The van der Waals surface area contributed by atoms with E-state index in [1.807, 2.05) is 0 Å². The number of piperidine rings is 1. The van der Waals surface area contributed by atoms with Crippen LogP contribution in [0.15, 0.2) is 47.1 Å². The zero-order valence-electron chi connectivity index (χ0n) is 15.3. The summed E-state index contributed by atoms with van der Waals surface area (Å²) in [6, 6.07) is 10.1. The van der Waals surface area contributed by atoms with Crippen molar-refractivity contribution in [3.8, 4) is 5.75 Å². The van der Waals surface area contributed by atoms with Crippen LogP contribution in [0.25, 0.3) is 0 Å². The van der Waals surface area contributed by atoms with Gasteiger partial charge >= 0.3 is 5.97 Å². The minimum Gasteiger partial charge on any atom is -0.478 e. The molecule has 2 N–H and O–H groups in total. The molecule has 1 saturated heterocycles. The highest BCUT2D eigenvalue weighted by Crippen LogP contribution is 2.34. The normalized spacial score (nSPS) is 16.8. The molecule has 0 saturated carbocycles. The highest BCUT2D eigenvalue weighted by atomic mass is 16.5. The summed E-state index contributed by atoms with van der Waals surface area (Å²) in [5, 5.41) is 20.1. The van der Waals surface area contributed by atoms with Crippen LogP contribution in [0.3, 0.4) is 0 Å². The van der Waals surface area contributed by atoms with E-state index in [0.717, 1.165) is 0 Å². The fourth-order valence-electron chi connectivity index (χ4n) is 3.10. The van der Waals surface area contributed by atoms with Gasteiger partial charge in [-0.05, 0) is 56.5 Å². The Morgan fingerprint density at radius 3 is 2.30 bits per heavy atom. The Kier molecular flexibility index (Phi) is 4.97. The molecule has 0 bridgehead atoms. The maximum atomic E-state index is 12.3. The van der Waals surface area contributed by atoms with Crippen LogP contribution >= 0.6 is 0 Å². The average Bonchev–Trinajstić information content (AvgIpc) is 3.16. The third-order valence-corrected chi connectivity index (χ3v) is 4.89. The Morgan fingerprint density at radius 2 is 1.78 bits per heavy atom. The number of aliphatic hydroxyl groups is 1. The number of carbonyl (C=O) groups is 2. The molecule has 2 aromatic rings. The molecule has 0 unspecified atom stereocenters. The van der Waals surface area contributed by atoms with Gasteiger partial charge in [0.1, 0.15) is 5.75 Å². The Bertz CT molecular complexity index is 802. The molecular formula is C20H23NO6. The third-order valence-electron chi connectivity index (χ3n) is 4.89. The standard InChI is InChI=1S/C20H23NO6/c1-19(2,18(23)24)27-15-7-5-14(6-8-15)20(25)9-11-21(12-10-20)17(22)16-4-3-13-26-16/h3-8,13,25H,9-12H2,1-2H3,(H,23,24). The smallest absolute Gasteiger partial charge is 0.347 e. The van der Waals surface area contributed by atoms with E-state index in [9.17, 15) is 14.7 Å². The van der Waals surface area contributed by atoms with Crippen LogP contribution in [0, 0.1) is 0 Å². The molecule has 144 valence electrons. The lowest BCUT2D eigenvalue weighted by molar-refractivity contribution is -0.152. The number of ether oxygens (including phenoxy) is 1. The SMILES string of the molecule is CC(C)(Oc1ccc(C2(O)CCN(C(=O)c3ccco3)CC2)cc1)C(=O)O. The number of carboxylic acid groups (broad SMARTS) is 1. The molecule has 1 aliphatic heterocycles. The first-order valence-electron chi connectivity index (χ1n) is 8.79. The molecule has 0 radical (unpaired) electrons. The predicted molar refractivity (Wildman–Crippen MR) is 96.5 cm³/mol. The number of benzene rings is 1. The van der Waals surface area contributed by atoms with Crippen molar-refractivity contribution in [3.63, 3.8) is 0 Å². The summed E-state index contributed by atoms with van der Waals surface area (Å²) < 4.78 is 10.6. The molecule has 27 heavy (non-hydrogen) atoms. The first-order chi connectivity index (χ1) is 12.7. The Morgan fingerprint density at radius 1 is 1.15 bits per heavy atom. The maximum Gasteiger partial charge on any atom is 0.347 e. The predicted octanol–water partition coefficient (Wildman–Crippen LogP) is 2.65. The summed E-state index contributed by atoms with van der Waals surface area (Å²) in [5.41, 5.74) is -1.66. The fourth-order valence-corrected chi connectivity index (χ4v) is 3.10. The van der Waals surface area contributed by atoms with Crippen molar-refractivity contribution < 1.29 is 29.0 Å². The number of hydrogen-bond acceptors (Lipinski definition) is 5. The summed E-state index contributed by atoms with van der Waals surface area (Å²) in [4.78, 5) is 25.2. The first-order valence-corrected chi connectivity index (χ1v) is 8.79. The Balaban J connectivity index is 1.65. The lowest BCUT2D eigenvalue weighted by Gasteiger charge is -2.38. The third kappa shape index (κ3) is 3.98. The zero-order valence-corrected chi connectivity index (χ0v) is 15.3. The minimum absolute atomic E-state index is 0.179. The van der Waals surface area contributed by atoms with E-state index in [1.165, 1.54) is 20.1 Å². The molecule has 0 atom stereocenters. The summed E-state index contributed by atoms with van der Waals surface area (Å²) in [7, 11) is 0. The molecule has 7 nitrogen and oxygen atoms in total. The molecule has 1 aliphatic rings. The number of carbonyl (C=O) groups excluding carboxylic acids is 1. The van der Waals surface area contributed by atoms with Gasteiger partial charge in [0.2, 0.25) is 0 Å². The van der Waals surface area contributed by atoms with E-state index in [-0.39, 0.29) is 5.91 Å². The van der Waals surface area contributed by atoms with Gasteiger partial charge < -0.3 is 24.3 Å². The van der Waals surface area contributed by atoms with Crippen LogP contribution in [0.5, 0.6) is 5.75 Å². The van der Waals surface area contributed by atoms with Gasteiger partial charge in [-0.25, -0.2) is 4.79 Å². The van der Waals surface area contributed by atoms with Crippen LogP contribution in [-0.2, 0) is 10.4 Å². The van der Waals surface area contributed by atoms with E-state index in [0.29, 0.717) is 43.0 Å². The van der Waals surface area contributed by atoms with Gasteiger partial charge in [-0.2, -0.15) is 0 Å². The highest BCUT2D eigenvalue weighted by molar-refractivity contribution is 5.91. The first kappa shape index (κ1) is 19.0. The van der Waals surface area contributed by atoms with Gasteiger partial charge in [0.15, 0.2) is 11.4 Å². The van der Waals surface area contributed by atoms with Gasteiger partial charge in [0, 0.05) is 13.1 Å². The van der Waals surface area contributed by atoms with Crippen LogP contribution in [-0.4, -0.2) is 45.7 Å². The molecule has 1 aromatic heterocycles. The number of nitrogens with zero attached hydrogens (tertiary/aromatic N) is 1. The zero-order chi connectivity index (χ0) is 19.7. The van der Waals surface area contributed by atoms with Gasteiger partial charge in [-0.15, -0.1) is 0 Å². The second-order valence-electron chi connectivity index (χ2n) is 7.24. The van der Waals surface area contributed by atoms with Crippen LogP contribution < -0.4 is 4.74 Å². The largest absolute Gasteiger partial charge is 0.478 e. The molecule has 2 heterocycles. The second-order valence-corrected chi connectivity index (χ2v) is 7.24. The molecule has 3 rings (SSSR count). The van der Waals surface area contributed by atoms with Crippen molar-refractivity contribution in [2.45, 2.75) is 37.9 Å². The summed E-state index contributed by atoms with van der Waals surface area (Å²) in [6.07, 6.45) is 2.27. The molecular weight excluding hydrogens is 350 g/mol. The van der Waals surface area contributed by atoms with Crippen molar-refractivity contribution >= 4 is 11.9 Å². The van der Waals surface area contributed by atoms with Gasteiger partial charge in [-0.3, -0.25) is 4.79 Å². The number of carboxylic acids is 1. The van der Waals surface area contributed by atoms with Crippen LogP contribution in [0.2, 0.25) is 0 Å². The number of hydrogen-bond donors (Lipinski definition) is 2. The summed E-state index contributed by atoms with van der Waals surface area (Å²) in [6.45, 7) is 3.78. The summed E-state index contributed by atoms with van der Waals surface area (Å²) in [5.74, 6) is -0.524.